The zero-order chi connectivity index (χ0) is 13.8. The Balaban J connectivity index is 2.05. The average Bonchev–Trinajstić information content (AvgIpc) is 2.44. The van der Waals surface area contributed by atoms with E-state index in [4.69, 9.17) is 0 Å². The molecule has 0 aliphatic rings. The van der Waals surface area contributed by atoms with Crippen molar-refractivity contribution < 1.29 is 4.79 Å². The lowest BCUT2D eigenvalue weighted by atomic mass is 10.1. The zero-order valence-electron chi connectivity index (χ0n) is 11.8. The van der Waals surface area contributed by atoms with E-state index in [-0.39, 0.29) is 5.91 Å². The van der Waals surface area contributed by atoms with E-state index in [2.05, 4.69) is 29.6 Å². The fraction of sp³-hybridized carbons (Fsp3) is 0.500. The number of nitrogens with zero attached hydrogens (tertiary/aromatic N) is 1. The standard InChI is InChI=1S/C16H24N2O/c1-2-3-4-8-13-16(19)18-17-14-9-12-15-10-6-5-7-11-15/h5-7,10-11,14H,2-4,8-9,12-13H2,1H3,(H,18,19)/b17-14+. The van der Waals surface area contributed by atoms with E-state index in [1.807, 2.05) is 18.2 Å². The van der Waals surface area contributed by atoms with Gasteiger partial charge in [0.25, 0.3) is 0 Å². The number of hydrogen-bond donors (Lipinski definition) is 1. The van der Waals surface area contributed by atoms with Gasteiger partial charge < -0.3 is 0 Å². The molecule has 0 aliphatic heterocycles. The van der Waals surface area contributed by atoms with Crippen LogP contribution in [0, 0.1) is 0 Å². The normalized spacial score (nSPS) is 10.8. The van der Waals surface area contributed by atoms with Crippen LogP contribution in [0.3, 0.4) is 0 Å². The summed E-state index contributed by atoms with van der Waals surface area (Å²) in [6.07, 6.45) is 8.64. The van der Waals surface area contributed by atoms with Crippen molar-refractivity contribution in [2.45, 2.75) is 51.9 Å². The first-order valence-corrected chi connectivity index (χ1v) is 7.17. The first-order valence-electron chi connectivity index (χ1n) is 7.17. The minimum atomic E-state index is 0.0204. The lowest BCUT2D eigenvalue weighted by molar-refractivity contribution is -0.121. The lowest BCUT2D eigenvalue weighted by Gasteiger charge is -1.99. The first-order chi connectivity index (χ1) is 9.33. The molecule has 0 fully saturated rings. The van der Waals surface area contributed by atoms with Gasteiger partial charge in [-0.25, -0.2) is 5.43 Å². The maximum Gasteiger partial charge on any atom is 0.240 e. The van der Waals surface area contributed by atoms with Crippen LogP contribution in [0.25, 0.3) is 0 Å². The topological polar surface area (TPSA) is 41.5 Å². The highest BCUT2D eigenvalue weighted by molar-refractivity contribution is 5.76. The summed E-state index contributed by atoms with van der Waals surface area (Å²) in [6.45, 7) is 2.16. The van der Waals surface area contributed by atoms with Crippen molar-refractivity contribution in [3.05, 3.63) is 35.9 Å². The molecular formula is C16H24N2O. The van der Waals surface area contributed by atoms with Crippen LogP contribution < -0.4 is 5.43 Å². The number of nitrogens with one attached hydrogen (secondary N) is 1. The quantitative estimate of drug-likeness (QED) is 0.410. The number of benzene rings is 1. The molecule has 0 unspecified atom stereocenters. The minimum Gasteiger partial charge on any atom is -0.273 e. The van der Waals surface area contributed by atoms with Crippen molar-refractivity contribution in [2.75, 3.05) is 0 Å². The molecule has 0 heterocycles. The van der Waals surface area contributed by atoms with E-state index in [1.54, 1.807) is 6.21 Å². The molecular weight excluding hydrogens is 236 g/mol. The van der Waals surface area contributed by atoms with E-state index >= 15 is 0 Å². The van der Waals surface area contributed by atoms with Crippen LogP contribution in [0.15, 0.2) is 35.4 Å². The number of unbranched alkanes of at least 4 members (excludes halogenated alkanes) is 3. The smallest absolute Gasteiger partial charge is 0.240 e. The molecule has 0 spiro atoms. The highest BCUT2D eigenvalue weighted by atomic mass is 16.2. The first kappa shape index (κ1) is 15.4. The number of carbonyl (C=O) groups excluding carboxylic acids is 1. The molecule has 0 aromatic heterocycles. The van der Waals surface area contributed by atoms with Crippen molar-refractivity contribution in [1.29, 1.82) is 0 Å². The van der Waals surface area contributed by atoms with E-state index < -0.39 is 0 Å². The summed E-state index contributed by atoms with van der Waals surface area (Å²) in [6, 6.07) is 10.3. The van der Waals surface area contributed by atoms with Crippen LogP contribution in [0.2, 0.25) is 0 Å². The van der Waals surface area contributed by atoms with Gasteiger partial charge in [-0.15, -0.1) is 0 Å². The minimum absolute atomic E-state index is 0.0204. The maximum absolute atomic E-state index is 11.4. The maximum atomic E-state index is 11.4. The van der Waals surface area contributed by atoms with Gasteiger partial charge in [-0.05, 0) is 24.8 Å². The molecule has 0 radical (unpaired) electrons. The van der Waals surface area contributed by atoms with Gasteiger partial charge >= 0.3 is 0 Å². The van der Waals surface area contributed by atoms with Gasteiger partial charge in [0.2, 0.25) is 5.91 Å². The molecule has 0 bridgehead atoms. The van der Waals surface area contributed by atoms with Crippen LogP contribution in [0.5, 0.6) is 0 Å². The summed E-state index contributed by atoms with van der Waals surface area (Å²) in [5.41, 5.74) is 3.87. The van der Waals surface area contributed by atoms with Gasteiger partial charge in [-0.2, -0.15) is 5.10 Å². The molecule has 0 aliphatic carbocycles. The Hall–Kier alpha value is -1.64. The Morgan fingerprint density at radius 1 is 1.21 bits per heavy atom. The van der Waals surface area contributed by atoms with Crippen LogP contribution >= 0.6 is 0 Å². The summed E-state index contributed by atoms with van der Waals surface area (Å²) in [5.74, 6) is 0.0204. The lowest BCUT2D eigenvalue weighted by Crippen LogP contribution is -2.16. The van der Waals surface area contributed by atoms with Gasteiger partial charge in [-0.1, -0.05) is 56.5 Å². The van der Waals surface area contributed by atoms with Crippen molar-refractivity contribution in [3.63, 3.8) is 0 Å². The third kappa shape index (κ3) is 8.14. The fourth-order valence-electron chi connectivity index (χ4n) is 1.83. The molecule has 3 heteroatoms. The molecule has 1 rings (SSSR count). The summed E-state index contributed by atoms with van der Waals surface area (Å²) in [5, 5.41) is 3.96. The van der Waals surface area contributed by atoms with E-state index in [0.29, 0.717) is 6.42 Å². The monoisotopic (exact) mass is 260 g/mol. The molecule has 1 aromatic carbocycles. The fourth-order valence-corrected chi connectivity index (χ4v) is 1.83. The van der Waals surface area contributed by atoms with Gasteiger partial charge in [0.1, 0.15) is 0 Å². The van der Waals surface area contributed by atoms with Gasteiger partial charge in [0.15, 0.2) is 0 Å². The highest BCUT2D eigenvalue weighted by Gasteiger charge is 1.98. The van der Waals surface area contributed by atoms with E-state index in [0.717, 1.165) is 25.7 Å². The molecule has 1 N–H and O–H groups in total. The summed E-state index contributed by atoms with van der Waals surface area (Å²) < 4.78 is 0. The molecule has 1 aromatic rings. The van der Waals surface area contributed by atoms with Gasteiger partial charge in [0, 0.05) is 12.6 Å². The molecule has 3 nitrogen and oxygen atoms in total. The number of rotatable bonds is 9. The SMILES string of the molecule is CCCCCCC(=O)N/N=C/CCc1ccccc1. The van der Waals surface area contributed by atoms with Gasteiger partial charge in [-0.3, -0.25) is 4.79 Å². The zero-order valence-corrected chi connectivity index (χ0v) is 11.8. The Kier molecular flexibility index (Phi) is 8.36. The Morgan fingerprint density at radius 3 is 2.74 bits per heavy atom. The largest absolute Gasteiger partial charge is 0.273 e. The van der Waals surface area contributed by atoms with Crippen molar-refractivity contribution in [1.82, 2.24) is 5.43 Å². The van der Waals surface area contributed by atoms with Crippen LogP contribution in [0.4, 0.5) is 0 Å². The van der Waals surface area contributed by atoms with Gasteiger partial charge in [0.05, 0.1) is 0 Å². The van der Waals surface area contributed by atoms with Crippen LogP contribution in [-0.4, -0.2) is 12.1 Å². The van der Waals surface area contributed by atoms with Crippen molar-refractivity contribution >= 4 is 12.1 Å². The molecule has 0 saturated carbocycles. The third-order valence-corrected chi connectivity index (χ3v) is 2.94. The van der Waals surface area contributed by atoms with Crippen LogP contribution in [0.1, 0.15) is 51.0 Å². The second-order valence-corrected chi connectivity index (χ2v) is 4.68. The predicted molar refractivity (Wildman–Crippen MR) is 80.2 cm³/mol. The van der Waals surface area contributed by atoms with E-state index in [1.165, 1.54) is 18.4 Å². The molecule has 1 amide bonds. The average molecular weight is 260 g/mol. The summed E-state index contributed by atoms with van der Waals surface area (Å²) in [7, 11) is 0. The summed E-state index contributed by atoms with van der Waals surface area (Å²) in [4.78, 5) is 11.4. The number of carbonyl (C=O) groups is 1. The second kappa shape index (κ2) is 10.3. The molecule has 104 valence electrons. The Labute approximate surface area is 116 Å². The van der Waals surface area contributed by atoms with E-state index in [9.17, 15) is 4.79 Å². The summed E-state index contributed by atoms with van der Waals surface area (Å²) >= 11 is 0. The number of aryl methyl sites for hydroxylation is 1. The molecule has 19 heavy (non-hydrogen) atoms. The number of hydrogen-bond acceptors (Lipinski definition) is 2. The predicted octanol–water partition coefficient (Wildman–Crippen LogP) is 3.69. The molecule has 0 saturated heterocycles. The van der Waals surface area contributed by atoms with Crippen molar-refractivity contribution in [2.24, 2.45) is 5.10 Å². The van der Waals surface area contributed by atoms with Crippen LogP contribution in [-0.2, 0) is 11.2 Å². The number of hydrazone groups is 1. The number of amides is 1. The Bertz CT molecular complexity index is 374. The second-order valence-electron chi connectivity index (χ2n) is 4.68. The molecule has 0 atom stereocenters. The third-order valence-electron chi connectivity index (χ3n) is 2.94. The van der Waals surface area contributed by atoms with Crippen molar-refractivity contribution in [3.8, 4) is 0 Å². The Morgan fingerprint density at radius 2 is 2.00 bits per heavy atom. The highest BCUT2D eigenvalue weighted by Crippen LogP contribution is 2.02.